The van der Waals surface area contributed by atoms with Crippen molar-refractivity contribution in [3.8, 4) is 6.07 Å². The molecule has 0 radical (unpaired) electrons. The first-order chi connectivity index (χ1) is 8.13. The molecule has 1 aliphatic rings. The SMILES string of the molecule is Cc1cc(C)cc(CC2(C#N)CCNCC2)c1. The zero-order chi connectivity index (χ0) is 12.3. The summed E-state index contributed by atoms with van der Waals surface area (Å²) >= 11 is 0. The van der Waals surface area contributed by atoms with Crippen LogP contribution in [0.3, 0.4) is 0 Å². The summed E-state index contributed by atoms with van der Waals surface area (Å²) in [6, 6.07) is 9.18. The highest BCUT2D eigenvalue weighted by Crippen LogP contribution is 2.32. The van der Waals surface area contributed by atoms with Crippen molar-refractivity contribution in [2.24, 2.45) is 5.41 Å². The monoisotopic (exact) mass is 228 g/mol. The van der Waals surface area contributed by atoms with E-state index >= 15 is 0 Å². The van der Waals surface area contributed by atoms with Crippen LogP contribution in [0.1, 0.15) is 29.5 Å². The van der Waals surface area contributed by atoms with Gasteiger partial charge in [-0.1, -0.05) is 29.3 Å². The second-order valence-corrected chi connectivity index (χ2v) is 5.31. The van der Waals surface area contributed by atoms with Crippen LogP contribution < -0.4 is 5.32 Å². The maximum atomic E-state index is 9.46. The Labute approximate surface area is 104 Å². The maximum absolute atomic E-state index is 9.46. The molecule has 2 heteroatoms. The number of nitrogens with one attached hydrogen (secondary N) is 1. The molecule has 1 heterocycles. The number of aryl methyl sites for hydroxylation is 2. The zero-order valence-electron chi connectivity index (χ0n) is 10.7. The van der Waals surface area contributed by atoms with Crippen molar-refractivity contribution < 1.29 is 0 Å². The van der Waals surface area contributed by atoms with Gasteiger partial charge in [-0.15, -0.1) is 0 Å². The second kappa shape index (κ2) is 4.89. The third-order valence-corrected chi connectivity index (χ3v) is 3.62. The van der Waals surface area contributed by atoms with Crippen LogP contribution in [0.25, 0.3) is 0 Å². The number of nitriles is 1. The van der Waals surface area contributed by atoms with E-state index in [1.165, 1.54) is 16.7 Å². The van der Waals surface area contributed by atoms with Gasteiger partial charge in [-0.2, -0.15) is 5.26 Å². The molecule has 1 saturated heterocycles. The minimum atomic E-state index is -0.147. The Morgan fingerprint density at radius 1 is 1.18 bits per heavy atom. The van der Waals surface area contributed by atoms with Gasteiger partial charge in [0.2, 0.25) is 0 Å². The predicted molar refractivity (Wildman–Crippen MR) is 69.8 cm³/mol. The van der Waals surface area contributed by atoms with Crippen LogP contribution >= 0.6 is 0 Å². The number of hydrogen-bond donors (Lipinski definition) is 1. The molecule has 1 aromatic carbocycles. The summed E-state index contributed by atoms with van der Waals surface area (Å²) in [4.78, 5) is 0. The van der Waals surface area contributed by atoms with E-state index in [1.807, 2.05) is 0 Å². The van der Waals surface area contributed by atoms with Crippen LogP contribution in [0.2, 0.25) is 0 Å². The predicted octanol–water partition coefficient (Wildman–Crippen LogP) is 2.74. The third kappa shape index (κ3) is 2.87. The lowest BCUT2D eigenvalue weighted by Gasteiger charge is -2.31. The van der Waals surface area contributed by atoms with Gasteiger partial charge in [0.1, 0.15) is 0 Å². The van der Waals surface area contributed by atoms with Crippen LogP contribution in [0.4, 0.5) is 0 Å². The van der Waals surface area contributed by atoms with E-state index in [4.69, 9.17) is 0 Å². The van der Waals surface area contributed by atoms with E-state index in [-0.39, 0.29) is 5.41 Å². The standard InChI is InChI=1S/C15H20N2/c1-12-7-13(2)9-14(8-12)10-15(11-16)3-5-17-6-4-15/h7-9,17H,3-6,10H2,1-2H3. The first-order valence-electron chi connectivity index (χ1n) is 6.33. The summed E-state index contributed by atoms with van der Waals surface area (Å²) in [6.45, 7) is 6.19. The minimum Gasteiger partial charge on any atom is -0.317 e. The fourth-order valence-electron chi connectivity index (χ4n) is 2.80. The number of benzene rings is 1. The molecule has 0 bridgehead atoms. The largest absolute Gasteiger partial charge is 0.317 e. The van der Waals surface area contributed by atoms with Gasteiger partial charge >= 0.3 is 0 Å². The van der Waals surface area contributed by atoms with Crippen LogP contribution in [-0.2, 0) is 6.42 Å². The van der Waals surface area contributed by atoms with Crippen molar-refractivity contribution in [1.82, 2.24) is 5.32 Å². The summed E-state index contributed by atoms with van der Waals surface area (Å²) in [5, 5.41) is 12.8. The molecule has 1 fully saturated rings. The first-order valence-corrected chi connectivity index (χ1v) is 6.33. The van der Waals surface area contributed by atoms with Crippen molar-refractivity contribution >= 4 is 0 Å². The summed E-state index contributed by atoms with van der Waals surface area (Å²) in [5.74, 6) is 0. The molecular weight excluding hydrogens is 208 g/mol. The van der Waals surface area contributed by atoms with Crippen LogP contribution in [0, 0.1) is 30.6 Å². The molecule has 0 amide bonds. The average molecular weight is 228 g/mol. The third-order valence-electron chi connectivity index (χ3n) is 3.62. The van der Waals surface area contributed by atoms with Gasteiger partial charge < -0.3 is 5.32 Å². The van der Waals surface area contributed by atoms with E-state index < -0.39 is 0 Å². The molecule has 2 nitrogen and oxygen atoms in total. The molecule has 1 aliphatic heterocycles. The average Bonchev–Trinajstić information content (AvgIpc) is 2.29. The van der Waals surface area contributed by atoms with E-state index in [0.717, 1.165) is 32.4 Å². The molecule has 90 valence electrons. The number of hydrogen-bond acceptors (Lipinski definition) is 2. The second-order valence-electron chi connectivity index (χ2n) is 5.31. The molecule has 2 rings (SSSR count). The van der Waals surface area contributed by atoms with E-state index in [1.54, 1.807) is 0 Å². The van der Waals surface area contributed by atoms with Crippen LogP contribution in [-0.4, -0.2) is 13.1 Å². The molecule has 0 aromatic heterocycles. The van der Waals surface area contributed by atoms with Gasteiger partial charge in [0.15, 0.2) is 0 Å². The molecule has 0 saturated carbocycles. The molecule has 0 aliphatic carbocycles. The number of rotatable bonds is 2. The van der Waals surface area contributed by atoms with Crippen molar-refractivity contribution in [3.05, 3.63) is 34.9 Å². The first kappa shape index (κ1) is 12.1. The van der Waals surface area contributed by atoms with E-state index in [9.17, 15) is 5.26 Å². The lowest BCUT2D eigenvalue weighted by Crippen LogP contribution is -2.37. The maximum Gasteiger partial charge on any atom is 0.0694 e. The lowest BCUT2D eigenvalue weighted by atomic mass is 9.75. The van der Waals surface area contributed by atoms with Crippen LogP contribution in [0.15, 0.2) is 18.2 Å². The molecule has 1 aromatic rings. The van der Waals surface area contributed by atoms with Crippen LogP contribution in [0.5, 0.6) is 0 Å². The van der Waals surface area contributed by atoms with E-state index in [2.05, 4.69) is 43.4 Å². The summed E-state index contributed by atoms with van der Waals surface area (Å²) in [6.07, 6.45) is 2.83. The highest BCUT2D eigenvalue weighted by Gasteiger charge is 2.32. The topological polar surface area (TPSA) is 35.8 Å². The molecule has 1 N–H and O–H groups in total. The molecule has 0 unspecified atom stereocenters. The summed E-state index contributed by atoms with van der Waals surface area (Å²) in [7, 11) is 0. The smallest absolute Gasteiger partial charge is 0.0694 e. The Morgan fingerprint density at radius 2 is 1.76 bits per heavy atom. The zero-order valence-corrected chi connectivity index (χ0v) is 10.7. The van der Waals surface area contributed by atoms with Crippen molar-refractivity contribution in [2.75, 3.05) is 13.1 Å². The van der Waals surface area contributed by atoms with E-state index in [0.29, 0.717) is 0 Å². The molecular formula is C15H20N2. The van der Waals surface area contributed by atoms with Crippen molar-refractivity contribution in [3.63, 3.8) is 0 Å². The number of piperidine rings is 1. The van der Waals surface area contributed by atoms with Gasteiger partial charge in [-0.25, -0.2) is 0 Å². The van der Waals surface area contributed by atoms with Crippen molar-refractivity contribution in [1.29, 1.82) is 5.26 Å². The van der Waals surface area contributed by atoms with Gasteiger partial charge in [0.25, 0.3) is 0 Å². The fraction of sp³-hybridized carbons (Fsp3) is 0.533. The fourth-order valence-corrected chi connectivity index (χ4v) is 2.80. The molecule has 17 heavy (non-hydrogen) atoms. The Kier molecular flexibility index (Phi) is 3.49. The quantitative estimate of drug-likeness (QED) is 0.845. The normalized spacial score (nSPS) is 18.6. The highest BCUT2D eigenvalue weighted by molar-refractivity contribution is 5.30. The minimum absolute atomic E-state index is 0.147. The van der Waals surface area contributed by atoms with Gasteiger partial charge in [-0.05, 0) is 51.8 Å². The lowest BCUT2D eigenvalue weighted by molar-refractivity contribution is 0.280. The highest BCUT2D eigenvalue weighted by atomic mass is 14.9. The summed E-state index contributed by atoms with van der Waals surface area (Å²) in [5.41, 5.74) is 3.75. The Balaban J connectivity index is 2.21. The molecule has 0 spiro atoms. The van der Waals surface area contributed by atoms with Crippen molar-refractivity contribution in [2.45, 2.75) is 33.1 Å². The Morgan fingerprint density at radius 3 is 2.29 bits per heavy atom. The Hall–Kier alpha value is -1.33. The summed E-state index contributed by atoms with van der Waals surface area (Å²) < 4.78 is 0. The Bertz CT molecular complexity index is 416. The van der Waals surface area contributed by atoms with Gasteiger partial charge in [0, 0.05) is 0 Å². The van der Waals surface area contributed by atoms with Gasteiger partial charge in [0.05, 0.1) is 11.5 Å². The number of nitrogens with zero attached hydrogens (tertiary/aromatic N) is 1. The van der Waals surface area contributed by atoms with Gasteiger partial charge in [-0.3, -0.25) is 0 Å². The molecule has 0 atom stereocenters.